The summed E-state index contributed by atoms with van der Waals surface area (Å²) in [6.07, 6.45) is 0. The van der Waals surface area contributed by atoms with E-state index in [9.17, 15) is 0 Å². The van der Waals surface area contributed by atoms with Crippen molar-refractivity contribution in [1.29, 1.82) is 0 Å². The molecule has 0 bridgehead atoms. The second-order valence-corrected chi connectivity index (χ2v) is 0. The van der Waals surface area contributed by atoms with E-state index < -0.39 is 0 Å². The third-order valence-electron chi connectivity index (χ3n) is 0. The average molecular weight is 5950 g/mol. The first-order valence-electron chi connectivity index (χ1n) is 0. The Morgan fingerprint density at radius 1 is 0.0400 bits per heavy atom. The molecule has 0 rings (SSSR count). The third-order valence-corrected chi connectivity index (χ3v) is 0. The van der Waals surface area contributed by atoms with Crippen LogP contribution in [0.15, 0.2) is 0 Å². The first kappa shape index (κ1) is 188. The first-order chi connectivity index (χ1) is 0. The van der Waals surface area contributed by atoms with E-state index in [1.807, 2.05) is 0 Å². The van der Waals surface area contributed by atoms with Crippen LogP contribution in [-0.4, -0.2) is 0 Å². The zero-order valence-corrected chi connectivity index (χ0v) is 117. The van der Waals surface area contributed by atoms with Gasteiger partial charge in [-0.3, -0.25) is 0 Å². The fourth-order valence-corrected chi connectivity index (χ4v) is 0. The van der Waals surface area contributed by atoms with Crippen LogP contribution in [0.5, 0.6) is 0 Å². The molecule has 0 saturated carbocycles. The van der Waals surface area contributed by atoms with Gasteiger partial charge in [-0.25, -0.2) is 0 Å². The van der Waals surface area contributed by atoms with Gasteiger partial charge in [0.2, 0.25) is 0 Å². The Hall–Kier alpha value is 26.3. The van der Waals surface area contributed by atoms with Crippen molar-refractivity contribution in [2.24, 2.45) is 0 Å². The summed E-state index contributed by atoms with van der Waals surface area (Å²) in [6, 6.07) is 0. The summed E-state index contributed by atoms with van der Waals surface area (Å²) in [5.74, 6) is 0. The second-order valence-electron chi connectivity index (χ2n) is 0. The van der Waals surface area contributed by atoms with E-state index in [4.69, 9.17) is 0 Å². The van der Waals surface area contributed by atoms with Crippen LogP contribution in [-0.2, 0) is 0 Å². The molecule has 0 atom stereocenters. The molecule has 0 aliphatic heterocycles. The fourth-order valence-electron chi connectivity index (χ4n) is 0. The molecule has 25 heteroatoms. The van der Waals surface area contributed by atoms with Gasteiger partial charge in [0, 0.05) is 778 Å². The normalized spacial score (nSPS) is 0. The second kappa shape index (κ2) is 177. The van der Waals surface area contributed by atoms with Crippen LogP contribution in [0.4, 0.5) is 0 Å². The quantitative estimate of drug-likeness (QED) is 0.321. The summed E-state index contributed by atoms with van der Waals surface area (Å²) >= 11 is 0. The van der Waals surface area contributed by atoms with Crippen molar-refractivity contribution in [2.45, 2.75) is 0 Å². The molecule has 0 saturated heterocycles. The van der Waals surface area contributed by atoms with Gasteiger partial charge in [0.1, 0.15) is 0 Å². The van der Waals surface area contributed by atoms with Crippen LogP contribution >= 0.6 is 0 Å². The van der Waals surface area contributed by atoms with Gasteiger partial charge in [0.15, 0.2) is 0 Å². The third kappa shape index (κ3) is 170. The maximum Gasteiger partial charge on any atom is 0 e. The number of hydrogen-bond donors (Lipinski definition) is 0. The van der Waals surface area contributed by atoms with Crippen molar-refractivity contribution in [3.63, 3.8) is 0 Å². The van der Waals surface area contributed by atoms with E-state index >= 15 is 0 Å². The monoisotopic (exact) mass is 5950 g/mol. The van der Waals surface area contributed by atoms with Crippen molar-refractivity contribution in [2.75, 3.05) is 0 Å². The summed E-state index contributed by atoms with van der Waals surface area (Å²) in [5.41, 5.74) is 0. The average Bonchev–Trinajstić information content (AvgIpc) is 0. The van der Waals surface area contributed by atoms with Crippen molar-refractivity contribution in [3.8, 4) is 0 Å². The van der Waals surface area contributed by atoms with Gasteiger partial charge < -0.3 is 0 Å². The Morgan fingerprint density at radius 2 is 0.0400 bits per heavy atom. The molecule has 0 radical (unpaired) electrons. The van der Waals surface area contributed by atoms with E-state index in [2.05, 4.69) is 0 Å². The molecule has 0 spiro atoms. The minimum Gasteiger partial charge on any atom is 0 e. The smallest absolute Gasteiger partial charge is 0 e. The Morgan fingerprint density at radius 3 is 0.0400 bits per heavy atom. The molecule has 0 fully saturated rings. The standard InChI is InChI=1S/25U. The molecule has 0 heterocycles. The van der Waals surface area contributed by atoms with E-state index in [-0.39, 0.29) is 778 Å². The molecule has 0 N–H and O–H groups in total. The summed E-state index contributed by atoms with van der Waals surface area (Å²) < 4.78 is 0. The Bertz CT molecular complexity index is 0. The van der Waals surface area contributed by atoms with Crippen molar-refractivity contribution >= 4 is 0 Å². The molecule has 0 aromatic rings. The van der Waals surface area contributed by atoms with Crippen molar-refractivity contribution in [3.05, 3.63) is 0 Å². The number of rotatable bonds is 0. The van der Waals surface area contributed by atoms with Crippen molar-refractivity contribution < 1.29 is 778 Å². The van der Waals surface area contributed by atoms with Gasteiger partial charge in [0.05, 0.1) is 0 Å². The Kier molecular flexibility index (Phi) is 1330. The summed E-state index contributed by atoms with van der Waals surface area (Å²) in [4.78, 5) is 0. The Labute approximate surface area is 748 Å². The van der Waals surface area contributed by atoms with Crippen molar-refractivity contribution in [1.82, 2.24) is 0 Å². The molecule has 0 unspecified atom stereocenters. The van der Waals surface area contributed by atoms with Crippen LogP contribution in [0, 0.1) is 778 Å². The topological polar surface area (TPSA) is 0 Å². The van der Waals surface area contributed by atoms with Gasteiger partial charge >= 0.3 is 0 Å². The predicted molar refractivity (Wildman–Crippen MR) is 0 cm³/mol. The summed E-state index contributed by atoms with van der Waals surface area (Å²) in [6.45, 7) is 0. The molecule has 25 heavy (non-hydrogen) atoms. The van der Waals surface area contributed by atoms with Crippen LogP contribution in [0.2, 0.25) is 0 Å². The van der Waals surface area contributed by atoms with E-state index in [0.717, 1.165) is 0 Å². The first-order valence-corrected chi connectivity index (χ1v) is 0. The summed E-state index contributed by atoms with van der Waals surface area (Å²) in [5, 5.41) is 0. The van der Waals surface area contributed by atoms with E-state index in [0.29, 0.717) is 0 Å². The van der Waals surface area contributed by atoms with Crippen LogP contribution in [0.1, 0.15) is 0 Å². The van der Waals surface area contributed by atoms with Crippen LogP contribution < -0.4 is 0 Å². The van der Waals surface area contributed by atoms with Gasteiger partial charge in [-0.05, 0) is 0 Å². The molecule has 0 aromatic heterocycles. The van der Waals surface area contributed by atoms with E-state index in [1.54, 1.807) is 0 Å². The van der Waals surface area contributed by atoms with E-state index in [1.165, 1.54) is 0 Å². The van der Waals surface area contributed by atoms with Gasteiger partial charge in [0.25, 0.3) is 0 Å². The molecule has 0 aromatic carbocycles. The molecular weight excluding hydrogens is 5950 g/mol. The molecule has 0 aliphatic rings. The van der Waals surface area contributed by atoms with Crippen LogP contribution in [0.25, 0.3) is 0 Å². The fraction of sp³-hybridized carbons (Fsp3) is 0. The molecular formula is U25. The van der Waals surface area contributed by atoms with Crippen LogP contribution in [0.3, 0.4) is 0 Å². The minimum absolute atomic E-state index is 0. The van der Waals surface area contributed by atoms with Gasteiger partial charge in [-0.1, -0.05) is 0 Å². The molecule has 0 nitrogen and oxygen atoms in total. The summed E-state index contributed by atoms with van der Waals surface area (Å²) in [7, 11) is 0. The zero-order valence-electron chi connectivity index (χ0n) is 12.5. The Balaban J connectivity index is 0. The predicted octanol–water partition coefficient (Wildman–Crippen LogP) is 0. The largest absolute Gasteiger partial charge is 0 e. The SMILES string of the molecule is [U].[U].[U].[U].[U].[U].[U].[U].[U].[U].[U].[U].[U].[U].[U].[U].[U].[U].[U].[U].[U].[U].[U].[U].[U]. The molecule has 100 valence electrons. The maximum absolute atomic E-state index is 0. The maximum atomic E-state index is 0. The van der Waals surface area contributed by atoms with Gasteiger partial charge in [-0.15, -0.1) is 0 Å². The minimum atomic E-state index is 0. The van der Waals surface area contributed by atoms with Gasteiger partial charge in [-0.2, -0.15) is 0 Å². The molecule has 0 amide bonds. The zero-order chi connectivity index (χ0) is 0. The molecule has 0 aliphatic carbocycles. The number of hydrogen-bond acceptors (Lipinski definition) is 0.